The zero-order valence-electron chi connectivity index (χ0n) is 12.1. The number of nitrogens with one attached hydrogen (secondary N) is 1. The van der Waals surface area contributed by atoms with Crippen LogP contribution in [0.4, 0.5) is 0 Å². The minimum absolute atomic E-state index is 0.130. The van der Waals surface area contributed by atoms with Crippen LogP contribution in [0.25, 0.3) is 0 Å². The predicted octanol–water partition coefficient (Wildman–Crippen LogP) is 2.51. The van der Waals surface area contributed by atoms with Crippen LogP contribution in [0.3, 0.4) is 0 Å². The Morgan fingerprint density at radius 3 is 2.53 bits per heavy atom. The van der Waals surface area contributed by atoms with Crippen molar-refractivity contribution in [3.8, 4) is 5.75 Å². The van der Waals surface area contributed by atoms with Crippen molar-refractivity contribution in [2.45, 2.75) is 45.3 Å². The van der Waals surface area contributed by atoms with Crippen molar-refractivity contribution < 1.29 is 9.84 Å². The second kappa shape index (κ2) is 5.93. The molecule has 3 heteroatoms. The molecule has 0 aromatic heterocycles. The van der Waals surface area contributed by atoms with Crippen LogP contribution in [-0.2, 0) is 0 Å². The van der Waals surface area contributed by atoms with E-state index in [1.807, 2.05) is 31.2 Å². The lowest BCUT2D eigenvalue weighted by Crippen LogP contribution is -2.46. The molecule has 1 aliphatic carbocycles. The van der Waals surface area contributed by atoms with Gasteiger partial charge in [-0.1, -0.05) is 17.7 Å². The van der Waals surface area contributed by atoms with Crippen molar-refractivity contribution in [1.82, 2.24) is 5.32 Å². The second-order valence-electron chi connectivity index (χ2n) is 6.15. The molecule has 19 heavy (non-hydrogen) atoms. The summed E-state index contributed by atoms with van der Waals surface area (Å²) in [5.74, 6) is 1.57. The van der Waals surface area contributed by atoms with Crippen LogP contribution < -0.4 is 10.1 Å². The van der Waals surface area contributed by atoms with Gasteiger partial charge in [-0.25, -0.2) is 0 Å². The molecule has 2 N–H and O–H groups in total. The van der Waals surface area contributed by atoms with Crippen molar-refractivity contribution in [3.63, 3.8) is 0 Å². The van der Waals surface area contributed by atoms with Crippen LogP contribution in [0.1, 0.15) is 32.3 Å². The van der Waals surface area contributed by atoms with Gasteiger partial charge in [0.1, 0.15) is 18.5 Å². The van der Waals surface area contributed by atoms with Gasteiger partial charge in [0, 0.05) is 12.1 Å². The maximum atomic E-state index is 9.94. The monoisotopic (exact) mass is 263 g/mol. The van der Waals surface area contributed by atoms with E-state index in [0.29, 0.717) is 13.2 Å². The van der Waals surface area contributed by atoms with Crippen molar-refractivity contribution in [2.75, 3.05) is 13.2 Å². The number of hydrogen-bond donors (Lipinski definition) is 2. The Balaban J connectivity index is 1.69. The summed E-state index contributed by atoms with van der Waals surface area (Å²) in [5.41, 5.74) is 1.34. The third kappa shape index (κ3) is 4.51. The quantitative estimate of drug-likeness (QED) is 0.794. The summed E-state index contributed by atoms with van der Waals surface area (Å²) in [4.78, 5) is 0. The van der Waals surface area contributed by atoms with E-state index in [9.17, 15) is 5.11 Å². The summed E-state index contributed by atoms with van der Waals surface area (Å²) in [6.45, 7) is 7.37. The summed E-state index contributed by atoms with van der Waals surface area (Å²) >= 11 is 0. The first-order valence-corrected chi connectivity index (χ1v) is 7.10. The van der Waals surface area contributed by atoms with Crippen LogP contribution >= 0.6 is 0 Å². The minimum atomic E-state index is -0.473. The highest BCUT2D eigenvalue weighted by Crippen LogP contribution is 2.39. The Hall–Kier alpha value is -1.06. The predicted molar refractivity (Wildman–Crippen MR) is 77.5 cm³/mol. The third-order valence-corrected chi connectivity index (χ3v) is 3.85. The molecule has 0 aliphatic heterocycles. The van der Waals surface area contributed by atoms with E-state index in [2.05, 4.69) is 19.2 Å². The molecule has 0 amide bonds. The Kier molecular flexibility index (Phi) is 4.48. The molecule has 0 spiro atoms. The molecule has 3 nitrogen and oxygen atoms in total. The van der Waals surface area contributed by atoms with Gasteiger partial charge in [-0.3, -0.25) is 0 Å². The maximum Gasteiger partial charge on any atom is 0.119 e. The molecule has 1 aliphatic rings. The molecule has 1 fully saturated rings. The highest BCUT2D eigenvalue weighted by Gasteiger charge is 2.37. The van der Waals surface area contributed by atoms with Crippen molar-refractivity contribution in [3.05, 3.63) is 29.8 Å². The van der Waals surface area contributed by atoms with Gasteiger partial charge in [0.2, 0.25) is 0 Å². The van der Waals surface area contributed by atoms with Gasteiger partial charge in [-0.2, -0.15) is 0 Å². The second-order valence-corrected chi connectivity index (χ2v) is 6.15. The molecule has 0 bridgehead atoms. The first-order valence-electron chi connectivity index (χ1n) is 7.10. The number of aliphatic hydroxyl groups is 1. The van der Waals surface area contributed by atoms with Gasteiger partial charge in [0.05, 0.1) is 0 Å². The topological polar surface area (TPSA) is 41.5 Å². The van der Waals surface area contributed by atoms with Crippen molar-refractivity contribution in [2.24, 2.45) is 5.92 Å². The Morgan fingerprint density at radius 1 is 1.32 bits per heavy atom. The van der Waals surface area contributed by atoms with E-state index in [1.165, 1.54) is 18.4 Å². The fraction of sp³-hybridized carbons (Fsp3) is 0.625. The van der Waals surface area contributed by atoms with Gasteiger partial charge in [-0.05, 0) is 51.7 Å². The highest BCUT2D eigenvalue weighted by molar-refractivity contribution is 5.26. The van der Waals surface area contributed by atoms with Crippen LogP contribution in [0.15, 0.2) is 24.3 Å². The fourth-order valence-electron chi connectivity index (χ4n) is 2.22. The summed E-state index contributed by atoms with van der Waals surface area (Å²) in [6, 6.07) is 7.89. The smallest absolute Gasteiger partial charge is 0.119 e. The first kappa shape index (κ1) is 14.4. The van der Waals surface area contributed by atoms with Crippen LogP contribution in [0, 0.1) is 12.8 Å². The number of β-amino-alcohol motifs (C(OH)–C–C–N with tert-alkyl or cyclic N) is 1. The van der Waals surface area contributed by atoms with Crippen molar-refractivity contribution >= 4 is 0 Å². The molecular formula is C16H25NO2. The highest BCUT2D eigenvalue weighted by atomic mass is 16.5. The van der Waals surface area contributed by atoms with Gasteiger partial charge in [0.15, 0.2) is 0 Å². The summed E-state index contributed by atoms with van der Waals surface area (Å²) in [5, 5.41) is 13.4. The summed E-state index contributed by atoms with van der Waals surface area (Å²) < 4.78 is 5.57. The van der Waals surface area contributed by atoms with Gasteiger partial charge in [-0.15, -0.1) is 0 Å². The van der Waals surface area contributed by atoms with E-state index in [4.69, 9.17) is 4.74 Å². The number of benzene rings is 1. The lowest BCUT2D eigenvalue weighted by Gasteiger charge is -2.27. The normalized spacial score (nSPS) is 17.3. The molecule has 1 saturated carbocycles. The molecule has 0 saturated heterocycles. The van der Waals surface area contributed by atoms with Crippen molar-refractivity contribution in [1.29, 1.82) is 0 Å². The lowest BCUT2D eigenvalue weighted by atomic mass is 9.98. The van der Waals surface area contributed by atoms with Gasteiger partial charge in [0.25, 0.3) is 0 Å². The largest absolute Gasteiger partial charge is 0.491 e. The molecule has 2 rings (SSSR count). The summed E-state index contributed by atoms with van der Waals surface area (Å²) in [6.07, 6.45) is 2.13. The maximum absolute atomic E-state index is 9.94. The number of ether oxygens (including phenoxy) is 1. The number of aliphatic hydroxyl groups excluding tert-OH is 1. The number of aryl methyl sites for hydroxylation is 1. The Bertz CT molecular complexity index is 396. The van der Waals surface area contributed by atoms with Crippen LogP contribution in [0.2, 0.25) is 0 Å². The molecule has 1 unspecified atom stereocenters. The third-order valence-electron chi connectivity index (χ3n) is 3.85. The van der Waals surface area contributed by atoms with E-state index < -0.39 is 6.10 Å². The zero-order chi connectivity index (χ0) is 13.9. The van der Waals surface area contributed by atoms with Crippen LogP contribution in [0.5, 0.6) is 5.75 Å². The van der Waals surface area contributed by atoms with E-state index >= 15 is 0 Å². The first-order chi connectivity index (χ1) is 8.97. The van der Waals surface area contributed by atoms with Crippen LogP contribution in [-0.4, -0.2) is 29.9 Å². The molecule has 106 valence electrons. The molecule has 1 atom stereocenters. The Morgan fingerprint density at radius 2 is 1.95 bits per heavy atom. The fourth-order valence-corrected chi connectivity index (χ4v) is 2.22. The Labute approximate surface area is 116 Å². The van der Waals surface area contributed by atoms with E-state index in [1.54, 1.807) is 0 Å². The summed E-state index contributed by atoms with van der Waals surface area (Å²) in [7, 11) is 0. The molecule has 0 heterocycles. The van der Waals surface area contributed by atoms with Gasteiger partial charge >= 0.3 is 0 Å². The SMILES string of the molecule is Cc1ccc(OCC(O)CNC(C)(C)C2CC2)cc1. The zero-order valence-corrected chi connectivity index (χ0v) is 12.1. The van der Waals surface area contributed by atoms with Gasteiger partial charge < -0.3 is 15.2 Å². The lowest BCUT2D eigenvalue weighted by molar-refractivity contribution is 0.0971. The number of rotatable bonds is 7. The molecule has 0 radical (unpaired) electrons. The molecular weight excluding hydrogens is 238 g/mol. The van der Waals surface area contributed by atoms with E-state index in [0.717, 1.165) is 11.7 Å². The average molecular weight is 263 g/mol. The van der Waals surface area contributed by atoms with E-state index in [-0.39, 0.29) is 5.54 Å². The number of hydrogen-bond acceptors (Lipinski definition) is 3. The average Bonchev–Trinajstić information content (AvgIpc) is 3.20. The standard InChI is InChI=1S/C16H25NO2/c1-12-4-8-15(9-5-12)19-11-14(18)10-17-16(2,3)13-6-7-13/h4-5,8-9,13-14,17-18H,6-7,10-11H2,1-3H3. The molecule has 1 aromatic carbocycles. The minimum Gasteiger partial charge on any atom is -0.491 e. The molecule has 1 aromatic rings.